The number of alkyl halides is 6. The van der Waals surface area contributed by atoms with Crippen LogP contribution in [0.5, 0.6) is 0 Å². The van der Waals surface area contributed by atoms with Gasteiger partial charge in [0.15, 0.2) is 0 Å². The molecule has 2 atom stereocenters. The van der Waals surface area contributed by atoms with Gasteiger partial charge in [-0.3, -0.25) is 4.84 Å². The smallest absolute Gasteiger partial charge is 0.337 e. The molecule has 0 heterocycles. The largest absolute Gasteiger partial charge is 0.514 e. The molecule has 0 aliphatic rings. The van der Waals surface area contributed by atoms with Crippen molar-refractivity contribution in [1.29, 1.82) is 0 Å². The van der Waals surface area contributed by atoms with Crippen LogP contribution in [-0.2, 0) is 39.6 Å². The van der Waals surface area contributed by atoms with Crippen LogP contribution in [-0.4, -0.2) is 74.1 Å². The van der Waals surface area contributed by atoms with Gasteiger partial charge in [0.25, 0.3) is 10.0 Å². The van der Waals surface area contributed by atoms with E-state index >= 15 is 0 Å². The van der Waals surface area contributed by atoms with Crippen LogP contribution in [0.3, 0.4) is 0 Å². The molecule has 170 valence electrons. The molecule has 0 saturated heterocycles. The van der Waals surface area contributed by atoms with Crippen LogP contribution in [0.1, 0.15) is 6.92 Å². The van der Waals surface area contributed by atoms with Gasteiger partial charge in [-0.2, -0.15) is 26.0 Å². The van der Waals surface area contributed by atoms with Crippen LogP contribution in [0.25, 0.3) is 0 Å². The Bertz CT molecular complexity index is 877. The lowest BCUT2D eigenvalue weighted by molar-refractivity contribution is -0.273. The Balaban J connectivity index is 6.92. The number of halogens is 6. The molecule has 0 aromatic rings. The number of hydrazine groups is 2. The van der Waals surface area contributed by atoms with Gasteiger partial charge in [0.05, 0.1) is 12.9 Å². The Hall–Kier alpha value is 0.1000. The molecule has 21 heteroatoms. The Morgan fingerprint density at radius 1 is 1.11 bits per heavy atom. The zero-order chi connectivity index (χ0) is 23.0. The van der Waals surface area contributed by atoms with Crippen molar-refractivity contribution >= 4 is 57.6 Å². The number of hydrogen-bond donors (Lipinski definition) is 2. The molecule has 0 aromatic carbocycles. The fraction of sp³-hybridized carbons (Fsp3) is 1.00. The van der Waals surface area contributed by atoms with Gasteiger partial charge in [-0.25, -0.2) is 16.8 Å². The summed E-state index contributed by atoms with van der Waals surface area (Å²) in [5.41, 5.74) is -6.27. The topological polar surface area (TPSA) is 160 Å². The number of sulfonamides is 3. The van der Waals surface area contributed by atoms with E-state index in [9.17, 15) is 47.9 Å². The molecular formula is C7H13BrClF4N3O9S3. The van der Waals surface area contributed by atoms with Crippen molar-refractivity contribution in [2.75, 3.05) is 20.0 Å². The number of rotatable bonds is 10. The average Bonchev–Trinajstić information content (AvgIpc) is 2.47. The van der Waals surface area contributed by atoms with Crippen molar-refractivity contribution < 1.29 is 57.5 Å². The molecule has 0 saturated carbocycles. The average molecular weight is 571 g/mol. The highest BCUT2D eigenvalue weighted by atomic mass is 79.9. The summed E-state index contributed by atoms with van der Waals surface area (Å²) in [4.78, 5) is 4.97. The second-order valence-electron chi connectivity index (χ2n) is 4.47. The summed E-state index contributed by atoms with van der Waals surface area (Å²) in [5.74, 6) is 0. The van der Waals surface area contributed by atoms with Crippen LogP contribution in [0, 0.1) is 0 Å². The lowest BCUT2D eigenvalue weighted by atomic mass is 10.7. The first-order chi connectivity index (χ1) is 12.1. The van der Waals surface area contributed by atoms with E-state index in [4.69, 9.17) is 11.6 Å². The van der Waals surface area contributed by atoms with Crippen molar-refractivity contribution in [3.63, 3.8) is 0 Å². The van der Waals surface area contributed by atoms with Gasteiger partial charge >= 0.3 is 24.7 Å². The molecule has 0 rings (SSSR count). The molecule has 0 bridgehead atoms. The Labute approximate surface area is 170 Å². The van der Waals surface area contributed by atoms with Gasteiger partial charge in [0, 0.05) is 11.7 Å². The van der Waals surface area contributed by atoms with E-state index in [1.54, 1.807) is 0 Å². The second-order valence-corrected chi connectivity index (χ2v) is 12.8. The highest BCUT2D eigenvalue weighted by molar-refractivity contribution is 9.12. The standard InChI is InChI=1S/C7H13BrClF4N3O9S3/c1-4-25-16(27(20,21)5(8,9)6(10,17)24-2)15(14-26(3,18)19)28(22,23)7(11,12)13/h14,17H,4H2,1-3H3. The van der Waals surface area contributed by atoms with Crippen molar-refractivity contribution in [3.8, 4) is 0 Å². The maximum absolute atomic E-state index is 14.0. The van der Waals surface area contributed by atoms with Gasteiger partial charge in [0.1, 0.15) is 0 Å². The SMILES string of the molecule is CCON(N(NS(C)(=O)=O)S(=O)(=O)C(F)(F)F)S(=O)(=O)C(Cl)(Br)C(O)(F)OC. The first-order valence-corrected chi connectivity index (χ1v) is 12.2. The maximum atomic E-state index is 14.0. The summed E-state index contributed by atoms with van der Waals surface area (Å²) >= 11 is 7.25. The minimum atomic E-state index is -6.85. The van der Waals surface area contributed by atoms with E-state index in [-0.39, 0.29) is 6.26 Å². The van der Waals surface area contributed by atoms with E-state index in [0.717, 1.165) is 11.8 Å². The minimum Gasteiger partial charge on any atom is -0.337 e. The lowest BCUT2D eigenvalue weighted by Gasteiger charge is -2.36. The molecule has 2 N–H and O–H groups in total. The fourth-order valence-electron chi connectivity index (χ4n) is 1.12. The number of methoxy groups -OCH3 is 1. The lowest BCUT2D eigenvalue weighted by Crippen LogP contribution is -2.64. The van der Waals surface area contributed by atoms with Crippen molar-refractivity contribution in [2.45, 2.75) is 21.6 Å². The monoisotopic (exact) mass is 569 g/mol. The van der Waals surface area contributed by atoms with Crippen LogP contribution in [0.15, 0.2) is 0 Å². The molecule has 2 unspecified atom stereocenters. The quantitative estimate of drug-likeness (QED) is 0.155. The van der Waals surface area contributed by atoms with E-state index in [0.29, 0.717) is 7.11 Å². The Morgan fingerprint density at radius 2 is 1.54 bits per heavy atom. The predicted molar refractivity (Wildman–Crippen MR) is 87.8 cm³/mol. The van der Waals surface area contributed by atoms with E-state index in [1.165, 1.54) is 0 Å². The fourth-order valence-corrected chi connectivity index (χ4v) is 5.14. The molecule has 12 nitrogen and oxygen atoms in total. The maximum Gasteiger partial charge on any atom is 0.514 e. The summed E-state index contributed by atoms with van der Waals surface area (Å²) in [6, 6.07) is -4.39. The minimum absolute atomic E-state index is 0.158. The van der Waals surface area contributed by atoms with E-state index in [2.05, 4.69) is 9.57 Å². The van der Waals surface area contributed by atoms with Gasteiger partial charge in [-0.1, -0.05) is 11.6 Å². The molecule has 0 aliphatic heterocycles. The third-order valence-corrected chi connectivity index (χ3v) is 8.43. The molecule has 0 spiro atoms. The molecule has 28 heavy (non-hydrogen) atoms. The molecule has 0 aromatic heterocycles. The van der Waals surface area contributed by atoms with Gasteiger partial charge < -0.3 is 9.84 Å². The third-order valence-electron chi connectivity index (χ3n) is 2.31. The zero-order valence-corrected chi connectivity index (χ0v) is 18.6. The summed E-state index contributed by atoms with van der Waals surface area (Å²) < 4.78 is 121. The molecular weight excluding hydrogens is 558 g/mol. The van der Waals surface area contributed by atoms with Crippen LogP contribution in [0.4, 0.5) is 17.6 Å². The Morgan fingerprint density at radius 3 is 1.82 bits per heavy atom. The first kappa shape index (κ1) is 28.1. The van der Waals surface area contributed by atoms with Crippen molar-refractivity contribution in [1.82, 2.24) is 13.9 Å². The van der Waals surface area contributed by atoms with Crippen molar-refractivity contribution in [3.05, 3.63) is 0 Å². The second kappa shape index (κ2) is 8.69. The number of aliphatic hydroxyl groups is 1. The van der Waals surface area contributed by atoms with Gasteiger partial charge in [0.2, 0.25) is 10.0 Å². The van der Waals surface area contributed by atoms with Crippen LogP contribution >= 0.6 is 27.5 Å². The van der Waals surface area contributed by atoms with Gasteiger partial charge in [-0.15, -0.1) is 4.83 Å². The number of nitrogens with zero attached hydrogens (tertiary/aromatic N) is 2. The molecule has 0 aliphatic carbocycles. The van der Waals surface area contributed by atoms with Crippen molar-refractivity contribution in [2.24, 2.45) is 0 Å². The molecule has 0 amide bonds. The summed E-state index contributed by atoms with van der Waals surface area (Å²) in [7, 11) is -17.5. The zero-order valence-electron chi connectivity index (χ0n) is 13.8. The molecule has 0 fully saturated rings. The molecule has 0 radical (unpaired) electrons. The van der Waals surface area contributed by atoms with Crippen LogP contribution < -0.4 is 4.83 Å². The van der Waals surface area contributed by atoms with Crippen LogP contribution in [0.2, 0.25) is 0 Å². The summed E-state index contributed by atoms with van der Waals surface area (Å²) in [5, 5.41) is 9.32. The summed E-state index contributed by atoms with van der Waals surface area (Å²) in [6.45, 7) is 0.0235. The predicted octanol–water partition coefficient (Wildman–Crippen LogP) is -0.350. The first-order valence-electron chi connectivity index (χ1n) is 6.21. The van der Waals surface area contributed by atoms with Gasteiger partial charge in [-0.05, 0) is 27.4 Å². The number of nitrogens with one attached hydrogen (secondary N) is 1. The Kier molecular flexibility index (Phi) is 8.72. The normalized spacial score (nSPS) is 18.9. The number of hydrogen-bond acceptors (Lipinski definition) is 9. The highest BCUT2D eigenvalue weighted by Gasteiger charge is 2.66. The summed E-state index contributed by atoms with van der Waals surface area (Å²) in [6.07, 6.45) is 0.158. The number of ether oxygens (including phenoxy) is 1. The highest BCUT2D eigenvalue weighted by Crippen LogP contribution is 2.45. The van der Waals surface area contributed by atoms with E-state index < -0.39 is 60.4 Å². The van der Waals surface area contributed by atoms with E-state index in [1.807, 2.05) is 15.9 Å². The third kappa shape index (κ3) is 5.62.